The first-order valence-corrected chi connectivity index (χ1v) is 7.43. The smallest absolute Gasteiger partial charge is 0.410 e. The number of nitrogens with zero attached hydrogens (tertiary/aromatic N) is 2. The molecule has 0 radical (unpaired) electrons. The van der Waals surface area contributed by atoms with Crippen molar-refractivity contribution in [1.29, 1.82) is 0 Å². The van der Waals surface area contributed by atoms with Crippen molar-refractivity contribution in [2.45, 2.75) is 12.8 Å². The molecule has 1 aliphatic heterocycles. The summed E-state index contributed by atoms with van der Waals surface area (Å²) >= 11 is 0. The van der Waals surface area contributed by atoms with Gasteiger partial charge in [0.1, 0.15) is 5.92 Å². The number of ether oxygens (including phenoxy) is 1. The molecule has 2 heterocycles. The maximum absolute atomic E-state index is 12.5. The molecule has 1 amide bonds. The fraction of sp³-hybridized carbons (Fsp3) is 0.294. The molecule has 0 aliphatic carbocycles. The normalized spacial score (nSPS) is 15.8. The van der Waals surface area contributed by atoms with E-state index >= 15 is 0 Å². The number of carbonyl (C=O) groups excluding carboxylic acids is 4. The Kier molecular flexibility index (Phi) is 3.92. The second kappa shape index (κ2) is 5.92. The molecule has 0 unspecified atom stereocenters. The summed E-state index contributed by atoms with van der Waals surface area (Å²) in [6.07, 6.45) is 0.836. The van der Waals surface area contributed by atoms with Gasteiger partial charge in [-0.3, -0.25) is 23.9 Å². The number of methoxy groups -OCH3 is 1. The van der Waals surface area contributed by atoms with Crippen molar-refractivity contribution in [1.82, 2.24) is 9.47 Å². The summed E-state index contributed by atoms with van der Waals surface area (Å²) in [4.78, 5) is 49.4. The van der Waals surface area contributed by atoms with E-state index in [0.717, 1.165) is 4.90 Å². The average molecular weight is 328 g/mol. The summed E-state index contributed by atoms with van der Waals surface area (Å²) in [7, 11) is 1.20. The predicted molar refractivity (Wildman–Crippen MR) is 85.0 cm³/mol. The fourth-order valence-corrected chi connectivity index (χ4v) is 3.10. The third-order valence-electron chi connectivity index (χ3n) is 4.16. The van der Waals surface area contributed by atoms with Crippen LogP contribution in [0.1, 0.15) is 23.2 Å². The van der Waals surface area contributed by atoms with Gasteiger partial charge in [0, 0.05) is 18.5 Å². The molecule has 1 fully saturated rings. The highest BCUT2D eigenvalue weighted by atomic mass is 16.5. The molecular formula is C17H16N2O5. The van der Waals surface area contributed by atoms with E-state index in [9.17, 15) is 19.2 Å². The fourth-order valence-electron chi connectivity index (χ4n) is 3.10. The maximum atomic E-state index is 12.5. The number of piperidine rings is 1. The minimum absolute atomic E-state index is 0.192. The van der Waals surface area contributed by atoms with E-state index in [2.05, 4.69) is 4.74 Å². The first-order valence-electron chi connectivity index (χ1n) is 7.43. The first kappa shape index (κ1) is 15.9. The van der Waals surface area contributed by atoms with Gasteiger partial charge in [0.05, 0.1) is 25.7 Å². The van der Waals surface area contributed by atoms with E-state index in [-0.39, 0.29) is 30.6 Å². The Morgan fingerprint density at radius 3 is 2.33 bits per heavy atom. The molecule has 0 atom stereocenters. The molecule has 0 bridgehead atoms. The van der Waals surface area contributed by atoms with Crippen LogP contribution < -0.4 is 0 Å². The topological polar surface area (TPSA) is 85.7 Å². The Hall–Kier alpha value is -2.96. The summed E-state index contributed by atoms with van der Waals surface area (Å²) in [6.45, 7) is 1.03. The SMILES string of the molecule is COC(=O)N1CC(=O)C(c2cn(C(C)=O)c3ccccc23)C(=O)C1. The standard InChI is InChI=1S/C17H16N2O5/c1-10(20)19-7-12(11-5-3-4-6-13(11)19)16-14(21)8-18(9-15(16)22)17(23)24-2/h3-7,16H,8-9H2,1-2H3. The molecular weight excluding hydrogens is 312 g/mol. The lowest BCUT2D eigenvalue weighted by atomic mass is 9.87. The number of hydrogen-bond acceptors (Lipinski definition) is 5. The largest absolute Gasteiger partial charge is 0.453 e. The number of ketones is 2. The van der Waals surface area contributed by atoms with Crippen LogP contribution in [-0.4, -0.2) is 53.2 Å². The molecule has 124 valence electrons. The van der Waals surface area contributed by atoms with Gasteiger partial charge >= 0.3 is 6.09 Å². The van der Waals surface area contributed by atoms with E-state index in [1.807, 2.05) is 0 Å². The van der Waals surface area contributed by atoms with Crippen molar-refractivity contribution in [2.75, 3.05) is 20.2 Å². The van der Waals surface area contributed by atoms with Gasteiger partial charge in [-0.05, 0) is 11.6 Å². The summed E-state index contributed by atoms with van der Waals surface area (Å²) in [5, 5.41) is 0.686. The lowest BCUT2D eigenvalue weighted by molar-refractivity contribution is -0.134. The molecule has 1 aliphatic rings. The van der Waals surface area contributed by atoms with Crippen LogP contribution in [0.15, 0.2) is 30.5 Å². The third-order valence-corrected chi connectivity index (χ3v) is 4.16. The van der Waals surface area contributed by atoms with E-state index in [4.69, 9.17) is 0 Å². The number of fused-ring (bicyclic) bond motifs is 1. The molecule has 3 rings (SSSR count). The quantitative estimate of drug-likeness (QED) is 0.742. The number of aromatic nitrogens is 1. The number of likely N-dealkylation sites (tertiary alicyclic amines) is 1. The molecule has 7 nitrogen and oxygen atoms in total. The monoisotopic (exact) mass is 328 g/mol. The van der Waals surface area contributed by atoms with Gasteiger partial charge < -0.3 is 4.74 Å². The Balaban J connectivity index is 2.05. The first-order chi connectivity index (χ1) is 11.4. The van der Waals surface area contributed by atoms with E-state index in [1.165, 1.54) is 18.6 Å². The highest BCUT2D eigenvalue weighted by molar-refractivity contribution is 6.15. The van der Waals surface area contributed by atoms with Crippen LogP contribution in [0.4, 0.5) is 4.79 Å². The van der Waals surface area contributed by atoms with Crippen LogP contribution in [-0.2, 0) is 14.3 Å². The Bertz CT molecular complexity index is 849. The van der Waals surface area contributed by atoms with Gasteiger partial charge in [0.15, 0.2) is 11.6 Å². The van der Waals surface area contributed by atoms with E-state index in [0.29, 0.717) is 16.5 Å². The average Bonchev–Trinajstić information content (AvgIpc) is 2.93. The zero-order valence-electron chi connectivity index (χ0n) is 13.3. The highest BCUT2D eigenvalue weighted by Gasteiger charge is 2.39. The van der Waals surface area contributed by atoms with Crippen LogP contribution in [0, 0.1) is 0 Å². The van der Waals surface area contributed by atoms with Crippen molar-refractivity contribution in [3.63, 3.8) is 0 Å². The predicted octanol–water partition coefficient (Wildman–Crippen LogP) is 1.61. The lowest BCUT2D eigenvalue weighted by Gasteiger charge is -2.28. The molecule has 7 heteroatoms. The molecule has 0 N–H and O–H groups in total. The van der Waals surface area contributed by atoms with Crippen molar-refractivity contribution >= 4 is 34.5 Å². The number of hydrogen-bond donors (Lipinski definition) is 0. The number of carbonyl (C=O) groups is 4. The summed E-state index contributed by atoms with van der Waals surface area (Å²) < 4.78 is 6.00. The number of rotatable bonds is 1. The van der Waals surface area contributed by atoms with Crippen molar-refractivity contribution < 1.29 is 23.9 Å². The number of Topliss-reactive ketones (excluding diaryl/α,β-unsaturated/α-hetero) is 2. The van der Waals surface area contributed by atoms with Gasteiger partial charge in [-0.15, -0.1) is 0 Å². The Morgan fingerprint density at radius 1 is 1.12 bits per heavy atom. The van der Waals surface area contributed by atoms with Crippen LogP contribution in [0.2, 0.25) is 0 Å². The molecule has 1 saturated heterocycles. The molecule has 1 aromatic carbocycles. The minimum Gasteiger partial charge on any atom is -0.453 e. The summed E-state index contributed by atoms with van der Waals surface area (Å²) in [5.74, 6) is -1.95. The van der Waals surface area contributed by atoms with Crippen LogP contribution in [0.5, 0.6) is 0 Å². The van der Waals surface area contributed by atoms with Crippen molar-refractivity contribution in [3.8, 4) is 0 Å². The van der Waals surface area contributed by atoms with E-state index in [1.54, 1.807) is 30.5 Å². The number of benzene rings is 1. The van der Waals surface area contributed by atoms with Crippen molar-refractivity contribution in [2.24, 2.45) is 0 Å². The van der Waals surface area contributed by atoms with Crippen LogP contribution in [0.25, 0.3) is 10.9 Å². The summed E-state index contributed by atoms with van der Waals surface area (Å²) in [6, 6.07) is 7.11. The van der Waals surface area contributed by atoms with Gasteiger partial charge in [-0.1, -0.05) is 18.2 Å². The Labute approximate surface area is 137 Å². The van der Waals surface area contributed by atoms with Crippen LogP contribution >= 0.6 is 0 Å². The van der Waals surface area contributed by atoms with Gasteiger partial charge in [0.25, 0.3) is 0 Å². The summed E-state index contributed by atoms with van der Waals surface area (Å²) in [5.41, 5.74) is 1.15. The minimum atomic E-state index is -0.976. The molecule has 0 saturated carbocycles. The number of amides is 1. The van der Waals surface area contributed by atoms with Gasteiger partial charge in [-0.2, -0.15) is 0 Å². The van der Waals surface area contributed by atoms with Crippen molar-refractivity contribution in [3.05, 3.63) is 36.0 Å². The molecule has 24 heavy (non-hydrogen) atoms. The van der Waals surface area contributed by atoms with Gasteiger partial charge in [-0.25, -0.2) is 4.79 Å². The zero-order chi connectivity index (χ0) is 17.4. The second-order valence-electron chi connectivity index (χ2n) is 5.68. The number of para-hydroxylation sites is 1. The zero-order valence-corrected chi connectivity index (χ0v) is 13.3. The molecule has 0 spiro atoms. The molecule has 2 aromatic rings. The molecule has 1 aromatic heterocycles. The van der Waals surface area contributed by atoms with Gasteiger partial charge in [0.2, 0.25) is 5.91 Å². The third kappa shape index (κ3) is 2.47. The lowest BCUT2D eigenvalue weighted by Crippen LogP contribution is -2.48. The highest BCUT2D eigenvalue weighted by Crippen LogP contribution is 2.31. The maximum Gasteiger partial charge on any atom is 0.410 e. The Morgan fingerprint density at radius 2 is 1.75 bits per heavy atom. The van der Waals surface area contributed by atoms with E-state index < -0.39 is 12.0 Å². The van der Waals surface area contributed by atoms with Crippen LogP contribution in [0.3, 0.4) is 0 Å². The second-order valence-corrected chi connectivity index (χ2v) is 5.68.